The Kier molecular flexibility index (Phi) is 5.84. The van der Waals surface area contributed by atoms with Crippen molar-refractivity contribution >= 4 is 23.5 Å². The number of nitrogens with zero attached hydrogens (tertiary/aromatic N) is 2. The minimum absolute atomic E-state index is 0.00726. The zero-order valence-corrected chi connectivity index (χ0v) is 19.2. The predicted molar refractivity (Wildman–Crippen MR) is 129 cm³/mol. The number of carbonyl (C=O) groups is 2. The zero-order valence-electron chi connectivity index (χ0n) is 19.2. The highest BCUT2D eigenvalue weighted by Gasteiger charge is 2.27. The van der Waals surface area contributed by atoms with Gasteiger partial charge in [0.15, 0.2) is 17.3 Å². The fraction of sp³-hybridized carbons (Fsp3) is 0.259. The first-order valence-corrected chi connectivity index (χ1v) is 11.2. The number of hydrogen-bond acceptors (Lipinski definition) is 6. The molecule has 2 heterocycles. The van der Waals surface area contributed by atoms with E-state index < -0.39 is 0 Å². The van der Waals surface area contributed by atoms with Gasteiger partial charge in [-0.25, -0.2) is 0 Å². The first-order valence-electron chi connectivity index (χ1n) is 11.2. The molecule has 0 saturated carbocycles. The van der Waals surface area contributed by atoms with E-state index in [4.69, 9.17) is 13.9 Å². The van der Waals surface area contributed by atoms with Gasteiger partial charge in [-0.1, -0.05) is 12.1 Å². The summed E-state index contributed by atoms with van der Waals surface area (Å²) >= 11 is 0. The van der Waals surface area contributed by atoms with E-state index in [1.807, 2.05) is 29.2 Å². The van der Waals surface area contributed by atoms with E-state index in [0.29, 0.717) is 42.1 Å². The van der Waals surface area contributed by atoms with Gasteiger partial charge in [0.1, 0.15) is 6.26 Å². The lowest BCUT2D eigenvalue weighted by atomic mass is 10.1. The van der Waals surface area contributed by atoms with Crippen molar-refractivity contribution in [2.24, 2.45) is 0 Å². The standard InChI is InChI=1S/C27H26N2O5/c1-32-24-15-20-14-21(26(30)23(20)16-25(24)33-2)13-18-3-5-22(6-4-18)28-8-10-29(11-9-28)27(31)19-7-12-34-17-19/h3-7,12-13,15-17H,8-11,14H2,1-2H3/b21-13+. The van der Waals surface area contributed by atoms with Crippen molar-refractivity contribution in [2.75, 3.05) is 45.3 Å². The highest BCUT2D eigenvalue weighted by atomic mass is 16.5. The van der Waals surface area contributed by atoms with Gasteiger partial charge in [-0.05, 0) is 47.5 Å². The second kappa shape index (κ2) is 9.09. The van der Waals surface area contributed by atoms with Crippen molar-refractivity contribution in [1.29, 1.82) is 0 Å². The van der Waals surface area contributed by atoms with Crippen LogP contribution in [0.25, 0.3) is 6.08 Å². The predicted octanol–water partition coefficient (Wildman–Crippen LogP) is 4.08. The minimum atomic E-state index is 0.00726. The number of methoxy groups -OCH3 is 2. The third kappa shape index (κ3) is 4.05. The molecule has 1 aromatic heterocycles. The molecule has 0 unspecified atom stereocenters. The second-order valence-corrected chi connectivity index (χ2v) is 8.42. The molecule has 2 aliphatic rings. The normalized spacial score (nSPS) is 16.6. The number of carbonyl (C=O) groups excluding carboxylic acids is 2. The number of anilines is 1. The van der Waals surface area contributed by atoms with Gasteiger partial charge >= 0.3 is 0 Å². The molecular formula is C27H26N2O5. The van der Waals surface area contributed by atoms with Crippen LogP contribution in [0.4, 0.5) is 5.69 Å². The zero-order chi connectivity index (χ0) is 23.7. The van der Waals surface area contributed by atoms with Crippen LogP contribution in [0.5, 0.6) is 11.5 Å². The van der Waals surface area contributed by atoms with Crippen LogP contribution >= 0.6 is 0 Å². The smallest absolute Gasteiger partial charge is 0.257 e. The number of furan rings is 1. The van der Waals surface area contributed by atoms with Crippen molar-refractivity contribution in [3.63, 3.8) is 0 Å². The molecule has 1 saturated heterocycles. The number of amides is 1. The molecule has 0 bridgehead atoms. The molecular weight excluding hydrogens is 432 g/mol. The van der Waals surface area contributed by atoms with E-state index in [1.54, 1.807) is 26.4 Å². The molecule has 7 nitrogen and oxygen atoms in total. The molecule has 7 heteroatoms. The number of hydrogen-bond donors (Lipinski definition) is 0. The molecule has 2 aromatic carbocycles. The molecule has 0 spiro atoms. The summed E-state index contributed by atoms with van der Waals surface area (Å²) < 4.78 is 15.7. The SMILES string of the molecule is COc1cc2c(cc1OC)C(=O)/C(=C/c1ccc(N3CCN(C(=O)c4ccoc4)CC3)cc1)C2. The number of piperazine rings is 1. The van der Waals surface area contributed by atoms with Crippen LogP contribution in [-0.4, -0.2) is 57.0 Å². The van der Waals surface area contributed by atoms with Crippen LogP contribution in [0.1, 0.15) is 31.8 Å². The van der Waals surface area contributed by atoms with Crippen LogP contribution in [0.3, 0.4) is 0 Å². The molecule has 3 aromatic rings. The van der Waals surface area contributed by atoms with E-state index >= 15 is 0 Å². The lowest BCUT2D eigenvalue weighted by molar-refractivity contribution is 0.0746. The average Bonchev–Trinajstić information content (AvgIpc) is 3.52. The Morgan fingerprint density at radius 2 is 1.68 bits per heavy atom. The van der Waals surface area contributed by atoms with Gasteiger partial charge in [0.05, 0.1) is 26.0 Å². The molecule has 0 N–H and O–H groups in total. The van der Waals surface area contributed by atoms with Crippen LogP contribution in [-0.2, 0) is 6.42 Å². The van der Waals surface area contributed by atoms with E-state index in [1.165, 1.54) is 12.5 Å². The Labute approximate surface area is 198 Å². The lowest BCUT2D eigenvalue weighted by Crippen LogP contribution is -2.48. The Balaban J connectivity index is 1.25. The van der Waals surface area contributed by atoms with Crippen molar-refractivity contribution in [3.8, 4) is 11.5 Å². The topological polar surface area (TPSA) is 72.2 Å². The number of ether oxygens (including phenoxy) is 2. The quantitative estimate of drug-likeness (QED) is 0.537. The largest absolute Gasteiger partial charge is 0.493 e. The summed E-state index contributed by atoms with van der Waals surface area (Å²) in [5.41, 5.74) is 5.05. The number of fused-ring (bicyclic) bond motifs is 1. The fourth-order valence-electron chi connectivity index (χ4n) is 4.57. The van der Waals surface area contributed by atoms with Crippen molar-refractivity contribution < 1.29 is 23.5 Å². The molecule has 1 fully saturated rings. The Hall–Kier alpha value is -4.00. The maximum absolute atomic E-state index is 12.9. The maximum Gasteiger partial charge on any atom is 0.257 e. The van der Waals surface area contributed by atoms with E-state index in [-0.39, 0.29) is 11.7 Å². The van der Waals surface area contributed by atoms with Gasteiger partial charge in [-0.3, -0.25) is 9.59 Å². The van der Waals surface area contributed by atoms with Crippen molar-refractivity contribution in [2.45, 2.75) is 6.42 Å². The van der Waals surface area contributed by atoms with Gasteiger partial charge in [-0.2, -0.15) is 0 Å². The number of ketones is 1. The van der Waals surface area contributed by atoms with E-state index in [2.05, 4.69) is 17.0 Å². The molecule has 34 heavy (non-hydrogen) atoms. The molecule has 0 atom stereocenters. The molecule has 1 aliphatic heterocycles. The summed E-state index contributed by atoms with van der Waals surface area (Å²) in [6, 6.07) is 13.5. The number of Topliss-reactive ketones (excluding diaryl/α,β-unsaturated/α-hetero) is 1. The van der Waals surface area contributed by atoms with Gasteiger partial charge in [0.2, 0.25) is 0 Å². The Morgan fingerprint density at radius 3 is 2.32 bits per heavy atom. The lowest BCUT2D eigenvalue weighted by Gasteiger charge is -2.36. The average molecular weight is 459 g/mol. The van der Waals surface area contributed by atoms with Crippen molar-refractivity contribution in [3.05, 3.63) is 82.8 Å². The third-order valence-electron chi connectivity index (χ3n) is 6.46. The fourth-order valence-corrected chi connectivity index (χ4v) is 4.57. The Bertz CT molecular complexity index is 1240. The number of benzene rings is 2. The van der Waals surface area contributed by atoms with E-state index in [9.17, 15) is 9.59 Å². The molecule has 1 aliphatic carbocycles. The third-order valence-corrected chi connectivity index (χ3v) is 6.46. The van der Waals surface area contributed by atoms with Crippen LogP contribution in [0.2, 0.25) is 0 Å². The van der Waals surface area contributed by atoms with Crippen molar-refractivity contribution in [1.82, 2.24) is 4.90 Å². The van der Waals surface area contributed by atoms with Gasteiger partial charge < -0.3 is 23.7 Å². The Morgan fingerprint density at radius 1 is 0.971 bits per heavy atom. The highest BCUT2D eigenvalue weighted by Crippen LogP contribution is 2.37. The monoisotopic (exact) mass is 458 g/mol. The molecule has 5 rings (SSSR count). The number of allylic oxidation sites excluding steroid dienone is 1. The number of rotatable bonds is 5. The second-order valence-electron chi connectivity index (χ2n) is 8.42. The summed E-state index contributed by atoms with van der Waals surface area (Å²) in [6.45, 7) is 2.86. The summed E-state index contributed by atoms with van der Waals surface area (Å²) in [4.78, 5) is 29.6. The first-order chi connectivity index (χ1) is 16.6. The molecule has 174 valence electrons. The summed E-state index contributed by atoms with van der Waals surface area (Å²) in [6.07, 6.45) is 5.53. The summed E-state index contributed by atoms with van der Waals surface area (Å²) in [7, 11) is 3.16. The summed E-state index contributed by atoms with van der Waals surface area (Å²) in [5, 5.41) is 0. The van der Waals surface area contributed by atoms with Gasteiger partial charge in [0.25, 0.3) is 5.91 Å². The van der Waals surface area contributed by atoms with Crippen LogP contribution in [0, 0.1) is 0 Å². The van der Waals surface area contributed by atoms with Crippen LogP contribution < -0.4 is 14.4 Å². The highest BCUT2D eigenvalue weighted by molar-refractivity contribution is 6.16. The van der Waals surface area contributed by atoms with Gasteiger partial charge in [0, 0.05) is 49.4 Å². The first kappa shape index (κ1) is 21.8. The molecule has 0 radical (unpaired) electrons. The van der Waals surface area contributed by atoms with Crippen LogP contribution in [0.15, 0.2) is 65.0 Å². The van der Waals surface area contributed by atoms with E-state index in [0.717, 1.165) is 35.5 Å². The molecule has 1 amide bonds. The summed E-state index contributed by atoms with van der Waals surface area (Å²) in [5.74, 6) is 1.23. The minimum Gasteiger partial charge on any atom is -0.493 e. The maximum atomic E-state index is 12.9. The van der Waals surface area contributed by atoms with Gasteiger partial charge in [-0.15, -0.1) is 0 Å².